The summed E-state index contributed by atoms with van der Waals surface area (Å²) in [5.41, 5.74) is 0.626. The van der Waals surface area contributed by atoms with Crippen LogP contribution in [0.1, 0.15) is 37.3 Å². The molecule has 2 atom stereocenters. The maximum Gasteiger partial charge on any atom is 0.315 e. The highest BCUT2D eigenvalue weighted by Crippen LogP contribution is 2.33. The van der Waals surface area contributed by atoms with Gasteiger partial charge in [0.05, 0.1) is 12.0 Å². The first-order chi connectivity index (χ1) is 11.5. The summed E-state index contributed by atoms with van der Waals surface area (Å²) in [5, 5.41) is 14.5. The van der Waals surface area contributed by atoms with Crippen molar-refractivity contribution in [3.8, 4) is 5.75 Å². The maximum absolute atomic E-state index is 14.2. The predicted octanol–water partition coefficient (Wildman–Crippen LogP) is 2.40. The Morgan fingerprint density at radius 3 is 2.54 bits per heavy atom. The fourth-order valence-electron chi connectivity index (χ4n) is 3.35. The van der Waals surface area contributed by atoms with Gasteiger partial charge in [0.1, 0.15) is 12.4 Å². The molecule has 3 N–H and O–H groups in total. The molecule has 1 aromatic rings. The van der Waals surface area contributed by atoms with Gasteiger partial charge >= 0.3 is 12.0 Å². The quantitative estimate of drug-likeness (QED) is 0.791. The molecule has 0 saturated heterocycles. The number of amides is 2. The minimum atomic E-state index is -1.31. The van der Waals surface area contributed by atoms with Crippen molar-refractivity contribution in [3.63, 3.8) is 0 Å². The maximum atomic E-state index is 14.2. The summed E-state index contributed by atoms with van der Waals surface area (Å²) in [7, 11) is 0. The van der Waals surface area contributed by atoms with Crippen LogP contribution in [0, 0.1) is 5.92 Å². The number of carbonyl (C=O) groups excluding carboxylic acids is 1. The van der Waals surface area contributed by atoms with Gasteiger partial charge in [0.2, 0.25) is 0 Å². The van der Waals surface area contributed by atoms with Crippen LogP contribution in [0.2, 0.25) is 0 Å². The molecule has 130 valence electrons. The molecule has 0 bridgehead atoms. The van der Waals surface area contributed by atoms with Crippen LogP contribution in [0.15, 0.2) is 24.3 Å². The Labute approximate surface area is 139 Å². The highest BCUT2D eigenvalue weighted by molar-refractivity contribution is 5.75. The van der Waals surface area contributed by atoms with Crippen LogP contribution in [0.5, 0.6) is 5.75 Å². The van der Waals surface area contributed by atoms with E-state index >= 15 is 0 Å². The number of hydrogen-bond acceptors (Lipinski definition) is 3. The molecule has 2 aliphatic rings. The molecule has 24 heavy (non-hydrogen) atoms. The third kappa shape index (κ3) is 3.60. The Kier molecular flexibility index (Phi) is 4.87. The standard InChI is InChI=1S/C17H21FN2O4/c18-13-9-24-14-4-2-1-3-12(14)15(13)20-17(23)19-11-7-5-10(6-8-11)16(21)22/h1-4,10-11,13,15H,5-9H2,(H,21,22)(H2,19,20,23). The number of benzene rings is 1. The van der Waals surface area contributed by atoms with Crippen molar-refractivity contribution in [2.45, 2.75) is 43.9 Å². The number of nitrogens with one attached hydrogen (secondary N) is 2. The number of para-hydroxylation sites is 1. The summed E-state index contributed by atoms with van der Waals surface area (Å²) in [6, 6.07) is 5.82. The number of aliphatic carboxylic acids is 1. The summed E-state index contributed by atoms with van der Waals surface area (Å²) >= 11 is 0. The van der Waals surface area contributed by atoms with Crippen LogP contribution in [0.4, 0.5) is 9.18 Å². The Balaban J connectivity index is 1.57. The van der Waals surface area contributed by atoms with Gasteiger partial charge in [-0.3, -0.25) is 4.79 Å². The van der Waals surface area contributed by atoms with Gasteiger partial charge in [-0.05, 0) is 31.7 Å². The van der Waals surface area contributed by atoms with E-state index in [9.17, 15) is 14.0 Å². The SMILES string of the molecule is O=C(NC1CCC(C(=O)O)CC1)NC1c2ccccc2OCC1F. The zero-order valence-corrected chi connectivity index (χ0v) is 13.2. The summed E-state index contributed by atoms with van der Waals surface area (Å²) in [6.07, 6.45) is 1.02. The Bertz CT molecular complexity index is 616. The average Bonchev–Trinajstić information content (AvgIpc) is 2.58. The lowest BCUT2D eigenvalue weighted by Gasteiger charge is -2.31. The molecule has 2 unspecified atom stereocenters. The van der Waals surface area contributed by atoms with E-state index in [4.69, 9.17) is 9.84 Å². The monoisotopic (exact) mass is 336 g/mol. The molecule has 0 aromatic heterocycles. The molecule has 2 amide bonds. The van der Waals surface area contributed by atoms with Crippen molar-refractivity contribution < 1.29 is 23.8 Å². The first-order valence-corrected chi connectivity index (χ1v) is 8.20. The second-order valence-corrected chi connectivity index (χ2v) is 6.35. The van der Waals surface area contributed by atoms with Crippen LogP contribution < -0.4 is 15.4 Å². The van der Waals surface area contributed by atoms with E-state index in [0.29, 0.717) is 37.0 Å². The van der Waals surface area contributed by atoms with Crippen LogP contribution in [-0.2, 0) is 4.79 Å². The van der Waals surface area contributed by atoms with E-state index < -0.39 is 24.2 Å². The van der Waals surface area contributed by atoms with Crippen molar-refractivity contribution in [3.05, 3.63) is 29.8 Å². The summed E-state index contributed by atoms with van der Waals surface area (Å²) < 4.78 is 19.5. The molecule has 1 saturated carbocycles. The lowest BCUT2D eigenvalue weighted by molar-refractivity contribution is -0.142. The number of ether oxygens (including phenoxy) is 1. The molecule has 6 nitrogen and oxygen atoms in total. The van der Waals surface area contributed by atoms with Crippen molar-refractivity contribution in [1.29, 1.82) is 0 Å². The number of carboxylic acids is 1. The van der Waals surface area contributed by atoms with E-state index in [1.807, 2.05) is 0 Å². The molecular formula is C17H21FN2O4. The van der Waals surface area contributed by atoms with Gasteiger partial charge in [-0.1, -0.05) is 18.2 Å². The van der Waals surface area contributed by atoms with E-state index in [0.717, 1.165) is 0 Å². The summed E-state index contributed by atoms with van der Waals surface area (Å²) in [6.45, 7) is -0.0916. The molecule has 0 radical (unpaired) electrons. The van der Waals surface area contributed by atoms with Crippen LogP contribution in [0.25, 0.3) is 0 Å². The number of alkyl halides is 1. The number of carbonyl (C=O) groups is 2. The summed E-state index contributed by atoms with van der Waals surface area (Å²) in [4.78, 5) is 23.1. The Hall–Kier alpha value is -2.31. The predicted molar refractivity (Wildman–Crippen MR) is 84.6 cm³/mol. The Morgan fingerprint density at radius 2 is 1.83 bits per heavy atom. The van der Waals surface area contributed by atoms with Gasteiger partial charge in [-0.2, -0.15) is 0 Å². The van der Waals surface area contributed by atoms with E-state index in [2.05, 4.69) is 10.6 Å². The minimum Gasteiger partial charge on any atom is -0.490 e. The van der Waals surface area contributed by atoms with E-state index in [-0.39, 0.29) is 18.6 Å². The number of hydrogen-bond donors (Lipinski definition) is 3. The zero-order valence-electron chi connectivity index (χ0n) is 13.2. The normalized spacial score (nSPS) is 29.0. The first-order valence-electron chi connectivity index (χ1n) is 8.20. The fourth-order valence-corrected chi connectivity index (χ4v) is 3.35. The van der Waals surface area contributed by atoms with E-state index in [1.165, 1.54) is 0 Å². The van der Waals surface area contributed by atoms with Crippen molar-refractivity contribution in [2.24, 2.45) is 5.92 Å². The third-order valence-electron chi connectivity index (χ3n) is 4.71. The molecule has 3 rings (SSSR count). The lowest BCUT2D eigenvalue weighted by Crippen LogP contribution is -2.48. The van der Waals surface area contributed by atoms with Crippen molar-refractivity contribution in [1.82, 2.24) is 10.6 Å². The fraction of sp³-hybridized carbons (Fsp3) is 0.529. The second-order valence-electron chi connectivity index (χ2n) is 6.35. The molecule has 0 spiro atoms. The third-order valence-corrected chi connectivity index (χ3v) is 4.71. The lowest BCUT2D eigenvalue weighted by atomic mass is 9.86. The van der Waals surface area contributed by atoms with Gasteiger partial charge in [0, 0.05) is 11.6 Å². The molecule has 1 aromatic carbocycles. The molecule has 1 aliphatic carbocycles. The number of urea groups is 1. The second kappa shape index (κ2) is 7.07. The first kappa shape index (κ1) is 16.5. The Morgan fingerprint density at radius 1 is 1.12 bits per heavy atom. The molecule has 1 fully saturated rings. The number of rotatable bonds is 3. The summed E-state index contributed by atoms with van der Waals surface area (Å²) in [5.74, 6) is -0.528. The molecular weight excluding hydrogens is 315 g/mol. The molecule has 7 heteroatoms. The largest absolute Gasteiger partial charge is 0.490 e. The van der Waals surface area contributed by atoms with Gasteiger partial charge in [-0.25, -0.2) is 9.18 Å². The smallest absolute Gasteiger partial charge is 0.315 e. The minimum absolute atomic E-state index is 0.0752. The van der Waals surface area contributed by atoms with Gasteiger partial charge < -0.3 is 20.5 Å². The molecule has 1 heterocycles. The number of carboxylic acid groups (broad SMARTS) is 1. The van der Waals surface area contributed by atoms with Gasteiger partial charge in [0.15, 0.2) is 6.17 Å². The number of halogens is 1. The highest BCUT2D eigenvalue weighted by Gasteiger charge is 2.33. The average molecular weight is 336 g/mol. The van der Waals surface area contributed by atoms with Gasteiger partial charge in [-0.15, -0.1) is 0 Å². The highest BCUT2D eigenvalue weighted by atomic mass is 19.1. The van der Waals surface area contributed by atoms with Crippen LogP contribution in [-0.4, -0.2) is 35.9 Å². The van der Waals surface area contributed by atoms with E-state index in [1.54, 1.807) is 24.3 Å². The topological polar surface area (TPSA) is 87.7 Å². The van der Waals surface area contributed by atoms with Crippen molar-refractivity contribution in [2.75, 3.05) is 6.61 Å². The zero-order chi connectivity index (χ0) is 17.1. The van der Waals surface area contributed by atoms with Gasteiger partial charge in [0.25, 0.3) is 0 Å². The molecule has 1 aliphatic heterocycles. The van der Waals surface area contributed by atoms with Crippen LogP contribution in [0.3, 0.4) is 0 Å². The number of fused-ring (bicyclic) bond motifs is 1. The van der Waals surface area contributed by atoms with Crippen LogP contribution >= 0.6 is 0 Å². The van der Waals surface area contributed by atoms with Crippen molar-refractivity contribution >= 4 is 12.0 Å².